The number of nitrogens with one attached hydrogen (secondary N) is 2. The van der Waals surface area contributed by atoms with Gasteiger partial charge in [0, 0.05) is 23.9 Å². The summed E-state index contributed by atoms with van der Waals surface area (Å²) in [5, 5.41) is 16.1. The number of likely N-dealkylation sites (tertiary alicyclic amines) is 1. The minimum atomic E-state index is -0.958. The lowest BCUT2D eigenvalue weighted by atomic mass is 9.95. The molecular weight excluding hydrogens is 424 g/mol. The lowest BCUT2D eigenvalue weighted by molar-refractivity contribution is -0.132. The van der Waals surface area contributed by atoms with E-state index in [1.807, 2.05) is 17.5 Å². The predicted octanol–water partition coefficient (Wildman–Crippen LogP) is -0.364. The van der Waals surface area contributed by atoms with E-state index in [4.69, 9.17) is 15.3 Å². The Kier molecular flexibility index (Phi) is 7.42. The molecule has 2 aromatic rings. The van der Waals surface area contributed by atoms with E-state index in [1.54, 1.807) is 6.07 Å². The number of carbonyl (C=O) groups excluding carboxylic acids is 4. The zero-order chi connectivity index (χ0) is 22.4. The molecule has 166 valence electrons. The van der Waals surface area contributed by atoms with Crippen LogP contribution in [0.15, 0.2) is 40.3 Å². The van der Waals surface area contributed by atoms with Gasteiger partial charge in [-0.3, -0.25) is 19.2 Å². The molecule has 1 aliphatic heterocycles. The molecule has 10 nitrogen and oxygen atoms in total. The van der Waals surface area contributed by atoms with Crippen molar-refractivity contribution in [2.75, 3.05) is 13.2 Å². The highest BCUT2D eigenvalue weighted by atomic mass is 32.1. The molecule has 3 heterocycles. The second-order valence-electron chi connectivity index (χ2n) is 7.19. The smallest absolute Gasteiger partial charge is 0.290 e. The van der Waals surface area contributed by atoms with Crippen LogP contribution in [0, 0.1) is 0 Å². The average Bonchev–Trinajstić information content (AvgIpc) is 3.46. The molecule has 3 unspecified atom stereocenters. The van der Waals surface area contributed by atoms with E-state index >= 15 is 0 Å². The second-order valence-corrected chi connectivity index (χ2v) is 8.22. The summed E-state index contributed by atoms with van der Waals surface area (Å²) in [5.41, 5.74) is 5.48. The standard InChI is InChI=1S/C20H24N4O6S/c21-18(27)14(10-13-3-2-8-31-13)23-19(28)15-9-12(22-17(26)11-25)5-6-24(15)20(29)16-4-1-7-30-16/h1-4,7-8,12,14-15,25H,5-6,9-11H2,(H2,21,27)(H,22,26)(H,23,28). The van der Waals surface area contributed by atoms with Crippen LogP contribution in [0.25, 0.3) is 0 Å². The summed E-state index contributed by atoms with van der Waals surface area (Å²) in [7, 11) is 0. The zero-order valence-electron chi connectivity index (χ0n) is 16.7. The molecule has 3 rings (SSSR count). The van der Waals surface area contributed by atoms with E-state index in [2.05, 4.69) is 10.6 Å². The van der Waals surface area contributed by atoms with Gasteiger partial charge in [0.25, 0.3) is 5.91 Å². The lowest BCUT2D eigenvalue weighted by Crippen LogP contribution is -2.59. The number of furan rings is 1. The monoisotopic (exact) mass is 448 g/mol. The van der Waals surface area contributed by atoms with Crippen LogP contribution in [-0.4, -0.2) is 64.9 Å². The van der Waals surface area contributed by atoms with Gasteiger partial charge in [-0.05, 0) is 36.4 Å². The number of primary amides is 1. The normalized spacial score (nSPS) is 19.5. The number of rotatable bonds is 8. The third-order valence-electron chi connectivity index (χ3n) is 5.05. The SMILES string of the molecule is NC(=O)C(Cc1cccs1)NC(=O)C1CC(NC(=O)CO)CCN1C(=O)c1ccco1. The Balaban J connectivity index is 1.77. The van der Waals surface area contributed by atoms with E-state index < -0.39 is 48.4 Å². The minimum absolute atomic E-state index is 0.0840. The molecule has 1 aliphatic rings. The Morgan fingerprint density at radius 3 is 2.71 bits per heavy atom. The van der Waals surface area contributed by atoms with Crippen molar-refractivity contribution in [1.82, 2.24) is 15.5 Å². The first kappa shape index (κ1) is 22.5. The van der Waals surface area contributed by atoms with Gasteiger partial charge in [-0.2, -0.15) is 0 Å². The zero-order valence-corrected chi connectivity index (χ0v) is 17.5. The van der Waals surface area contributed by atoms with E-state index in [9.17, 15) is 19.2 Å². The minimum Gasteiger partial charge on any atom is -0.459 e. The van der Waals surface area contributed by atoms with Crippen molar-refractivity contribution in [3.8, 4) is 0 Å². The van der Waals surface area contributed by atoms with Crippen LogP contribution in [0.5, 0.6) is 0 Å². The fourth-order valence-corrected chi connectivity index (χ4v) is 4.28. The maximum atomic E-state index is 13.1. The van der Waals surface area contributed by atoms with Crippen molar-refractivity contribution in [3.05, 3.63) is 46.5 Å². The number of thiophene rings is 1. The number of nitrogens with two attached hydrogens (primary N) is 1. The third-order valence-corrected chi connectivity index (χ3v) is 5.95. The Labute approximate surface area is 182 Å². The van der Waals surface area contributed by atoms with E-state index in [0.717, 1.165) is 4.88 Å². The van der Waals surface area contributed by atoms with Crippen LogP contribution in [0.1, 0.15) is 28.3 Å². The number of nitrogens with zero attached hydrogens (tertiary/aromatic N) is 1. The number of amides is 4. The number of hydrogen-bond acceptors (Lipinski definition) is 7. The number of piperidine rings is 1. The van der Waals surface area contributed by atoms with Crippen molar-refractivity contribution in [2.24, 2.45) is 5.73 Å². The van der Waals surface area contributed by atoms with Gasteiger partial charge in [-0.1, -0.05) is 6.07 Å². The summed E-state index contributed by atoms with van der Waals surface area (Å²) in [6.07, 6.45) is 2.12. The highest BCUT2D eigenvalue weighted by molar-refractivity contribution is 7.09. The highest BCUT2D eigenvalue weighted by Gasteiger charge is 2.39. The maximum absolute atomic E-state index is 13.1. The molecule has 0 saturated carbocycles. The molecule has 1 saturated heterocycles. The van der Waals surface area contributed by atoms with Gasteiger partial charge >= 0.3 is 0 Å². The van der Waals surface area contributed by atoms with Crippen LogP contribution >= 0.6 is 11.3 Å². The van der Waals surface area contributed by atoms with E-state index in [0.29, 0.717) is 6.42 Å². The molecule has 0 radical (unpaired) electrons. The number of aliphatic hydroxyl groups is 1. The predicted molar refractivity (Wildman–Crippen MR) is 111 cm³/mol. The Bertz CT molecular complexity index is 914. The van der Waals surface area contributed by atoms with Gasteiger partial charge in [0.05, 0.1) is 6.26 Å². The molecular formula is C20H24N4O6S. The molecule has 5 N–H and O–H groups in total. The average molecular weight is 449 g/mol. The van der Waals surface area contributed by atoms with Gasteiger partial charge in [0.15, 0.2) is 5.76 Å². The van der Waals surface area contributed by atoms with E-state index in [1.165, 1.54) is 28.6 Å². The molecule has 0 bridgehead atoms. The number of carbonyl (C=O) groups is 4. The number of hydrogen-bond donors (Lipinski definition) is 4. The molecule has 0 spiro atoms. The van der Waals surface area contributed by atoms with Crippen molar-refractivity contribution in [3.63, 3.8) is 0 Å². The molecule has 3 atom stereocenters. The molecule has 0 aliphatic carbocycles. The van der Waals surface area contributed by atoms with Crippen molar-refractivity contribution < 1.29 is 28.7 Å². The first-order chi connectivity index (χ1) is 14.9. The molecule has 11 heteroatoms. The Morgan fingerprint density at radius 1 is 1.29 bits per heavy atom. The third kappa shape index (κ3) is 5.70. The quantitative estimate of drug-likeness (QED) is 0.432. The van der Waals surface area contributed by atoms with Gasteiger partial charge in [0.1, 0.15) is 18.7 Å². The van der Waals surface area contributed by atoms with Crippen LogP contribution < -0.4 is 16.4 Å². The fraction of sp³-hybridized carbons (Fsp3) is 0.400. The summed E-state index contributed by atoms with van der Waals surface area (Å²) < 4.78 is 5.18. The first-order valence-electron chi connectivity index (χ1n) is 9.75. The van der Waals surface area contributed by atoms with E-state index in [-0.39, 0.29) is 25.1 Å². The Hall–Kier alpha value is -3.18. The summed E-state index contributed by atoms with van der Waals surface area (Å²) in [5.74, 6) is -2.19. The van der Waals surface area contributed by atoms with Crippen molar-refractivity contribution in [1.29, 1.82) is 0 Å². The number of aliphatic hydroxyl groups excluding tert-OH is 1. The van der Waals surface area contributed by atoms with Gasteiger partial charge in [-0.15, -0.1) is 11.3 Å². The van der Waals surface area contributed by atoms with Crippen LogP contribution in [-0.2, 0) is 20.8 Å². The largest absolute Gasteiger partial charge is 0.459 e. The summed E-state index contributed by atoms with van der Waals surface area (Å²) in [4.78, 5) is 51.7. The van der Waals surface area contributed by atoms with Gasteiger partial charge in [-0.25, -0.2) is 0 Å². The van der Waals surface area contributed by atoms with Crippen LogP contribution in [0.2, 0.25) is 0 Å². The summed E-state index contributed by atoms with van der Waals surface area (Å²) >= 11 is 1.44. The summed E-state index contributed by atoms with van der Waals surface area (Å²) in [6, 6.07) is 4.42. The van der Waals surface area contributed by atoms with Crippen molar-refractivity contribution in [2.45, 2.75) is 37.4 Å². The van der Waals surface area contributed by atoms with Gasteiger partial charge in [0.2, 0.25) is 17.7 Å². The first-order valence-corrected chi connectivity index (χ1v) is 10.6. The molecule has 0 aromatic carbocycles. The maximum Gasteiger partial charge on any atom is 0.290 e. The lowest BCUT2D eigenvalue weighted by Gasteiger charge is -2.38. The Morgan fingerprint density at radius 2 is 2.10 bits per heavy atom. The molecule has 31 heavy (non-hydrogen) atoms. The highest BCUT2D eigenvalue weighted by Crippen LogP contribution is 2.22. The topological polar surface area (TPSA) is 155 Å². The molecule has 2 aromatic heterocycles. The van der Waals surface area contributed by atoms with Gasteiger partial charge < -0.3 is 30.8 Å². The van der Waals surface area contributed by atoms with Crippen molar-refractivity contribution >= 4 is 35.0 Å². The van der Waals surface area contributed by atoms with Crippen LogP contribution in [0.4, 0.5) is 0 Å². The van der Waals surface area contributed by atoms with Crippen LogP contribution in [0.3, 0.4) is 0 Å². The molecule has 1 fully saturated rings. The molecule has 4 amide bonds. The fourth-order valence-electron chi connectivity index (χ4n) is 3.52. The second kappa shape index (κ2) is 10.2. The summed E-state index contributed by atoms with van der Waals surface area (Å²) in [6.45, 7) is -0.493.